The number of hydrogen-bond acceptors (Lipinski definition) is 4. The van der Waals surface area contributed by atoms with Crippen molar-refractivity contribution < 1.29 is 14.3 Å². The number of carboxylic acids is 1. The number of carbonyl (C=O) groups is 1. The van der Waals surface area contributed by atoms with Crippen LogP contribution in [0.1, 0.15) is 10.4 Å². The average molecular weight is 246 g/mol. The summed E-state index contributed by atoms with van der Waals surface area (Å²) in [6, 6.07) is 7.25. The minimum absolute atomic E-state index is 0.121. The maximum Gasteiger partial charge on any atom is 0.340 e. The van der Waals surface area contributed by atoms with Gasteiger partial charge in [0.2, 0.25) is 5.43 Å². The number of carboxylic acid groups (broad SMARTS) is 1. The third-order valence-electron chi connectivity index (χ3n) is 2.53. The smallest absolute Gasteiger partial charge is 0.340 e. The van der Waals surface area contributed by atoms with E-state index in [1.807, 2.05) is 12.1 Å². The summed E-state index contributed by atoms with van der Waals surface area (Å²) in [6.45, 7) is 0. The van der Waals surface area contributed by atoms with Gasteiger partial charge in [0.25, 0.3) is 0 Å². The Balaban J connectivity index is 2.53. The molecular weight excluding hydrogens is 240 g/mol. The Morgan fingerprint density at radius 2 is 2.06 bits per heavy atom. The van der Waals surface area contributed by atoms with Crippen molar-refractivity contribution in [2.75, 3.05) is 0 Å². The molecule has 3 aromatic rings. The molecule has 0 fully saturated rings. The summed E-state index contributed by atoms with van der Waals surface area (Å²) >= 11 is 1.21. The highest BCUT2D eigenvalue weighted by molar-refractivity contribution is 7.17. The number of rotatable bonds is 1. The molecule has 5 heteroatoms. The molecule has 0 aliphatic carbocycles. The SMILES string of the molecule is O=C(O)c1csc2c(oc3ccccc32)c1=O. The van der Waals surface area contributed by atoms with Crippen LogP contribution in [0.25, 0.3) is 21.3 Å². The van der Waals surface area contributed by atoms with Gasteiger partial charge in [-0.25, -0.2) is 4.79 Å². The maximum absolute atomic E-state index is 11.9. The van der Waals surface area contributed by atoms with Crippen molar-refractivity contribution in [3.05, 3.63) is 45.4 Å². The lowest BCUT2D eigenvalue weighted by molar-refractivity contribution is 0.0696. The molecule has 84 valence electrons. The molecule has 1 N–H and O–H groups in total. The minimum Gasteiger partial charge on any atom is -0.478 e. The molecule has 0 bridgehead atoms. The van der Waals surface area contributed by atoms with Crippen LogP contribution in [0.4, 0.5) is 0 Å². The van der Waals surface area contributed by atoms with Gasteiger partial charge in [-0.15, -0.1) is 11.3 Å². The van der Waals surface area contributed by atoms with Crippen LogP contribution >= 0.6 is 11.3 Å². The first kappa shape index (κ1) is 10.0. The van der Waals surface area contributed by atoms with Crippen molar-refractivity contribution in [2.24, 2.45) is 0 Å². The molecule has 0 spiro atoms. The molecule has 0 atom stereocenters. The second kappa shape index (κ2) is 3.43. The molecule has 0 saturated carbocycles. The van der Waals surface area contributed by atoms with Gasteiger partial charge in [-0.3, -0.25) is 4.79 Å². The molecule has 3 rings (SSSR count). The van der Waals surface area contributed by atoms with Crippen molar-refractivity contribution in [2.45, 2.75) is 0 Å². The van der Waals surface area contributed by atoms with Crippen LogP contribution in [0.15, 0.2) is 38.9 Å². The van der Waals surface area contributed by atoms with Gasteiger partial charge in [0.05, 0.1) is 4.70 Å². The minimum atomic E-state index is -1.23. The summed E-state index contributed by atoms with van der Waals surface area (Å²) in [5.74, 6) is -1.23. The van der Waals surface area contributed by atoms with Gasteiger partial charge < -0.3 is 9.52 Å². The Morgan fingerprint density at radius 1 is 1.29 bits per heavy atom. The molecule has 0 radical (unpaired) electrons. The Bertz CT molecular complexity index is 797. The lowest BCUT2D eigenvalue weighted by Gasteiger charge is -1.91. The summed E-state index contributed by atoms with van der Waals surface area (Å²) < 4.78 is 6.10. The number of hydrogen-bond donors (Lipinski definition) is 1. The number of furan rings is 1. The molecule has 17 heavy (non-hydrogen) atoms. The second-order valence-corrected chi connectivity index (χ2v) is 4.42. The molecule has 0 unspecified atom stereocenters. The predicted octanol–water partition coefficient (Wildman–Crippen LogP) is 2.71. The van der Waals surface area contributed by atoms with Gasteiger partial charge in [0, 0.05) is 10.8 Å². The van der Waals surface area contributed by atoms with Gasteiger partial charge in [-0.1, -0.05) is 12.1 Å². The van der Waals surface area contributed by atoms with Gasteiger partial charge in [-0.05, 0) is 12.1 Å². The van der Waals surface area contributed by atoms with E-state index in [1.165, 1.54) is 16.7 Å². The van der Waals surface area contributed by atoms with E-state index in [9.17, 15) is 9.59 Å². The summed E-state index contributed by atoms with van der Waals surface area (Å²) in [6.07, 6.45) is 0. The zero-order valence-corrected chi connectivity index (χ0v) is 9.28. The van der Waals surface area contributed by atoms with Crippen LogP contribution in [-0.4, -0.2) is 11.1 Å². The molecule has 1 aromatic carbocycles. The fraction of sp³-hybridized carbons (Fsp3) is 0. The maximum atomic E-state index is 11.9. The molecule has 2 aromatic heterocycles. The number of benzene rings is 1. The van der Waals surface area contributed by atoms with Gasteiger partial charge in [0.15, 0.2) is 5.58 Å². The highest BCUT2D eigenvalue weighted by atomic mass is 32.1. The van der Waals surface area contributed by atoms with Crippen LogP contribution in [0.3, 0.4) is 0 Å². The van der Waals surface area contributed by atoms with E-state index in [4.69, 9.17) is 9.52 Å². The van der Waals surface area contributed by atoms with Gasteiger partial charge in [0.1, 0.15) is 11.1 Å². The summed E-state index contributed by atoms with van der Waals surface area (Å²) in [5, 5.41) is 11.1. The molecule has 0 aliphatic heterocycles. The monoisotopic (exact) mass is 246 g/mol. The molecule has 2 heterocycles. The highest BCUT2D eigenvalue weighted by Crippen LogP contribution is 2.29. The topological polar surface area (TPSA) is 67.5 Å². The first-order valence-electron chi connectivity index (χ1n) is 4.85. The van der Waals surface area contributed by atoms with Crippen LogP contribution in [-0.2, 0) is 0 Å². The fourth-order valence-corrected chi connectivity index (χ4v) is 2.71. The van der Waals surface area contributed by atoms with Crippen molar-refractivity contribution in [1.82, 2.24) is 0 Å². The Kier molecular flexibility index (Phi) is 2.02. The van der Waals surface area contributed by atoms with Gasteiger partial charge in [-0.2, -0.15) is 0 Å². The number of aromatic carboxylic acids is 1. The third-order valence-corrected chi connectivity index (χ3v) is 3.52. The van der Waals surface area contributed by atoms with E-state index in [0.29, 0.717) is 10.3 Å². The Labute approximate surface area is 98.7 Å². The van der Waals surface area contributed by atoms with Crippen LogP contribution in [0, 0.1) is 0 Å². The summed E-state index contributed by atoms with van der Waals surface area (Å²) in [7, 11) is 0. The van der Waals surface area contributed by atoms with E-state index >= 15 is 0 Å². The Morgan fingerprint density at radius 3 is 2.82 bits per heavy atom. The van der Waals surface area contributed by atoms with Crippen molar-refractivity contribution in [1.29, 1.82) is 0 Å². The molecule has 4 nitrogen and oxygen atoms in total. The van der Waals surface area contributed by atoms with Crippen LogP contribution < -0.4 is 5.43 Å². The van der Waals surface area contributed by atoms with Gasteiger partial charge >= 0.3 is 5.97 Å². The lowest BCUT2D eigenvalue weighted by Crippen LogP contribution is -2.12. The molecule has 0 amide bonds. The Hall–Kier alpha value is -2.14. The first-order chi connectivity index (χ1) is 8.18. The van der Waals surface area contributed by atoms with E-state index in [2.05, 4.69) is 0 Å². The number of fused-ring (bicyclic) bond motifs is 3. The zero-order chi connectivity index (χ0) is 12.0. The normalized spacial score (nSPS) is 11.1. The van der Waals surface area contributed by atoms with Crippen LogP contribution in [0.5, 0.6) is 0 Å². The standard InChI is InChI=1S/C12H6O4S/c13-9-7(12(14)15)5-17-11-6-3-1-2-4-8(6)16-10(9)11/h1-5H,(H,14,15). The largest absolute Gasteiger partial charge is 0.478 e. The quantitative estimate of drug-likeness (QED) is 0.716. The average Bonchev–Trinajstić information content (AvgIpc) is 2.69. The van der Waals surface area contributed by atoms with Crippen molar-refractivity contribution in [3.63, 3.8) is 0 Å². The predicted molar refractivity (Wildman–Crippen MR) is 64.8 cm³/mol. The second-order valence-electron chi connectivity index (χ2n) is 3.54. The fourth-order valence-electron chi connectivity index (χ4n) is 1.73. The molecule has 0 saturated heterocycles. The van der Waals surface area contributed by atoms with Crippen LogP contribution in [0.2, 0.25) is 0 Å². The van der Waals surface area contributed by atoms with Crippen molar-refractivity contribution in [3.8, 4) is 0 Å². The molecule has 0 aliphatic rings. The van der Waals surface area contributed by atoms with E-state index in [-0.39, 0.29) is 11.1 Å². The molecular formula is C12H6O4S. The van der Waals surface area contributed by atoms with E-state index < -0.39 is 11.4 Å². The summed E-state index contributed by atoms with van der Waals surface area (Å²) in [5.41, 5.74) is -0.0986. The summed E-state index contributed by atoms with van der Waals surface area (Å²) in [4.78, 5) is 22.7. The number of para-hydroxylation sites is 1. The highest BCUT2D eigenvalue weighted by Gasteiger charge is 2.16. The third kappa shape index (κ3) is 1.36. The van der Waals surface area contributed by atoms with E-state index in [0.717, 1.165) is 5.39 Å². The van der Waals surface area contributed by atoms with Crippen molar-refractivity contribution >= 4 is 38.6 Å². The zero-order valence-electron chi connectivity index (χ0n) is 8.47. The lowest BCUT2D eigenvalue weighted by atomic mass is 10.2. The van der Waals surface area contributed by atoms with E-state index in [1.54, 1.807) is 12.1 Å². The first-order valence-corrected chi connectivity index (χ1v) is 5.73.